The molecular formula is C18H23Cl2NO3. The SMILES string of the molecule is C[C@H]1[C@H](C)CCC[C@@H]1NC(=O)COC(=O)Cc1ccc(Cl)c(Cl)c1. The summed E-state index contributed by atoms with van der Waals surface area (Å²) < 4.78 is 5.05. The first kappa shape index (κ1) is 19.1. The molecule has 4 nitrogen and oxygen atoms in total. The largest absolute Gasteiger partial charge is 0.455 e. The Balaban J connectivity index is 1.76. The van der Waals surface area contributed by atoms with Gasteiger partial charge in [-0.25, -0.2) is 0 Å². The van der Waals surface area contributed by atoms with Crippen molar-refractivity contribution in [2.75, 3.05) is 6.61 Å². The molecule has 0 aromatic heterocycles. The normalized spacial score (nSPS) is 23.6. The van der Waals surface area contributed by atoms with E-state index in [0.717, 1.165) is 12.8 Å². The van der Waals surface area contributed by atoms with E-state index in [-0.39, 0.29) is 25.0 Å². The summed E-state index contributed by atoms with van der Waals surface area (Å²) in [7, 11) is 0. The van der Waals surface area contributed by atoms with E-state index < -0.39 is 5.97 Å². The average Bonchev–Trinajstić information content (AvgIpc) is 2.53. The van der Waals surface area contributed by atoms with Crippen LogP contribution in [-0.2, 0) is 20.7 Å². The maximum atomic E-state index is 12.0. The molecule has 6 heteroatoms. The Labute approximate surface area is 152 Å². The summed E-state index contributed by atoms with van der Waals surface area (Å²) in [6.45, 7) is 4.11. The second-order valence-electron chi connectivity index (χ2n) is 6.53. The summed E-state index contributed by atoms with van der Waals surface area (Å²) in [5.74, 6) is 0.327. The Morgan fingerprint density at radius 2 is 1.96 bits per heavy atom. The van der Waals surface area contributed by atoms with Crippen molar-refractivity contribution >= 4 is 35.1 Å². The summed E-state index contributed by atoms with van der Waals surface area (Å²) in [4.78, 5) is 23.8. The van der Waals surface area contributed by atoms with Crippen molar-refractivity contribution in [1.82, 2.24) is 5.32 Å². The maximum absolute atomic E-state index is 12.0. The first-order valence-electron chi connectivity index (χ1n) is 8.25. The fourth-order valence-electron chi connectivity index (χ4n) is 3.05. The van der Waals surface area contributed by atoms with Crippen LogP contribution >= 0.6 is 23.2 Å². The highest BCUT2D eigenvalue weighted by molar-refractivity contribution is 6.42. The number of amides is 1. The topological polar surface area (TPSA) is 55.4 Å². The van der Waals surface area contributed by atoms with Crippen LogP contribution in [0.3, 0.4) is 0 Å². The Morgan fingerprint density at radius 3 is 2.67 bits per heavy atom. The zero-order valence-corrected chi connectivity index (χ0v) is 15.5. The van der Waals surface area contributed by atoms with E-state index in [9.17, 15) is 9.59 Å². The second-order valence-corrected chi connectivity index (χ2v) is 7.34. The van der Waals surface area contributed by atoms with Crippen LogP contribution in [0.4, 0.5) is 0 Å². The van der Waals surface area contributed by atoms with Gasteiger partial charge in [-0.15, -0.1) is 0 Å². The average molecular weight is 372 g/mol. The van der Waals surface area contributed by atoms with Crippen LogP contribution in [-0.4, -0.2) is 24.5 Å². The lowest BCUT2D eigenvalue weighted by Gasteiger charge is -2.34. The smallest absolute Gasteiger partial charge is 0.310 e. The predicted molar refractivity (Wildman–Crippen MR) is 95.2 cm³/mol. The summed E-state index contributed by atoms with van der Waals surface area (Å²) in [6.07, 6.45) is 3.36. The quantitative estimate of drug-likeness (QED) is 0.795. The molecule has 24 heavy (non-hydrogen) atoms. The van der Waals surface area contributed by atoms with Crippen molar-refractivity contribution in [2.24, 2.45) is 11.8 Å². The van der Waals surface area contributed by atoms with Gasteiger partial charge in [0.25, 0.3) is 5.91 Å². The van der Waals surface area contributed by atoms with Crippen LogP contribution in [0.2, 0.25) is 10.0 Å². The van der Waals surface area contributed by atoms with Crippen molar-refractivity contribution in [2.45, 2.75) is 45.6 Å². The van der Waals surface area contributed by atoms with Gasteiger partial charge in [-0.05, 0) is 36.0 Å². The van der Waals surface area contributed by atoms with E-state index in [1.165, 1.54) is 6.42 Å². The van der Waals surface area contributed by atoms with E-state index in [1.54, 1.807) is 18.2 Å². The molecule has 0 spiro atoms. The zero-order chi connectivity index (χ0) is 17.7. The molecule has 1 aromatic rings. The lowest BCUT2D eigenvalue weighted by atomic mass is 9.78. The molecule has 1 saturated carbocycles. The fraction of sp³-hybridized carbons (Fsp3) is 0.556. The van der Waals surface area contributed by atoms with Gasteiger partial charge in [0.05, 0.1) is 16.5 Å². The van der Waals surface area contributed by atoms with Crippen LogP contribution in [0, 0.1) is 11.8 Å². The highest BCUT2D eigenvalue weighted by atomic mass is 35.5. The summed E-state index contributed by atoms with van der Waals surface area (Å²) in [5.41, 5.74) is 0.699. The maximum Gasteiger partial charge on any atom is 0.310 e. The van der Waals surface area contributed by atoms with Crippen molar-refractivity contribution < 1.29 is 14.3 Å². The molecule has 1 amide bonds. The molecular weight excluding hydrogens is 349 g/mol. The van der Waals surface area contributed by atoms with Crippen molar-refractivity contribution in [1.29, 1.82) is 0 Å². The fourth-order valence-corrected chi connectivity index (χ4v) is 3.37. The number of hydrogen-bond acceptors (Lipinski definition) is 3. The summed E-state index contributed by atoms with van der Waals surface area (Å²) in [5, 5.41) is 3.80. The van der Waals surface area contributed by atoms with Gasteiger partial charge in [0, 0.05) is 6.04 Å². The van der Waals surface area contributed by atoms with Gasteiger partial charge in [0.1, 0.15) is 0 Å². The van der Waals surface area contributed by atoms with Crippen LogP contribution in [0.5, 0.6) is 0 Å². The molecule has 1 aromatic carbocycles. The molecule has 132 valence electrons. The molecule has 2 rings (SSSR count). The van der Waals surface area contributed by atoms with E-state index in [0.29, 0.717) is 27.4 Å². The predicted octanol–water partition coefficient (Wildman–Crippen LogP) is 4.02. The molecule has 1 aliphatic carbocycles. The number of benzene rings is 1. The molecule has 0 aliphatic heterocycles. The molecule has 0 saturated heterocycles. The zero-order valence-electron chi connectivity index (χ0n) is 14.0. The number of rotatable bonds is 5. The van der Waals surface area contributed by atoms with Gasteiger partial charge in [0.15, 0.2) is 6.61 Å². The minimum atomic E-state index is -0.464. The molecule has 0 bridgehead atoms. The second kappa shape index (κ2) is 8.72. The minimum Gasteiger partial charge on any atom is -0.455 e. The van der Waals surface area contributed by atoms with E-state index in [2.05, 4.69) is 19.2 Å². The van der Waals surface area contributed by atoms with Crippen LogP contribution in [0.15, 0.2) is 18.2 Å². The van der Waals surface area contributed by atoms with Gasteiger partial charge >= 0.3 is 5.97 Å². The third-order valence-corrected chi connectivity index (χ3v) is 5.49. The van der Waals surface area contributed by atoms with Gasteiger partial charge < -0.3 is 10.1 Å². The number of esters is 1. The Morgan fingerprint density at radius 1 is 1.21 bits per heavy atom. The van der Waals surface area contributed by atoms with Crippen LogP contribution in [0.25, 0.3) is 0 Å². The molecule has 0 radical (unpaired) electrons. The van der Waals surface area contributed by atoms with Crippen molar-refractivity contribution in [3.8, 4) is 0 Å². The van der Waals surface area contributed by atoms with Gasteiger partial charge in [-0.2, -0.15) is 0 Å². The Bertz CT molecular complexity index is 606. The molecule has 1 N–H and O–H groups in total. The monoisotopic (exact) mass is 371 g/mol. The number of nitrogens with one attached hydrogen (secondary N) is 1. The minimum absolute atomic E-state index is 0.0566. The Hall–Kier alpha value is -1.26. The van der Waals surface area contributed by atoms with Gasteiger partial charge in [-0.1, -0.05) is 56.0 Å². The van der Waals surface area contributed by atoms with E-state index in [4.69, 9.17) is 27.9 Å². The molecule has 0 unspecified atom stereocenters. The van der Waals surface area contributed by atoms with Crippen LogP contribution in [0.1, 0.15) is 38.7 Å². The number of hydrogen-bond donors (Lipinski definition) is 1. The number of carbonyl (C=O) groups excluding carboxylic acids is 2. The highest BCUT2D eigenvalue weighted by Gasteiger charge is 2.28. The van der Waals surface area contributed by atoms with E-state index >= 15 is 0 Å². The highest BCUT2D eigenvalue weighted by Crippen LogP contribution is 2.29. The molecule has 1 aliphatic rings. The van der Waals surface area contributed by atoms with Crippen molar-refractivity contribution in [3.63, 3.8) is 0 Å². The summed E-state index contributed by atoms with van der Waals surface area (Å²) >= 11 is 11.7. The summed E-state index contributed by atoms with van der Waals surface area (Å²) in [6, 6.07) is 5.12. The molecule has 0 heterocycles. The standard InChI is InChI=1S/C18H23Cl2NO3/c1-11-4-3-5-16(12(11)2)21-17(22)10-24-18(23)9-13-6-7-14(19)15(20)8-13/h6-8,11-12,16H,3-5,9-10H2,1-2H3,(H,21,22)/t11-,12+,16+/m1/s1. The van der Waals surface area contributed by atoms with Gasteiger partial charge in [-0.3, -0.25) is 9.59 Å². The first-order valence-corrected chi connectivity index (χ1v) is 9.01. The number of ether oxygens (including phenoxy) is 1. The first-order chi connectivity index (χ1) is 11.4. The van der Waals surface area contributed by atoms with Crippen molar-refractivity contribution in [3.05, 3.63) is 33.8 Å². The third-order valence-electron chi connectivity index (χ3n) is 4.75. The third kappa shape index (κ3) is 5.38. The number of halogens is 2. The lowest BCUT2D eigenvalue weighted by Crippen LogP contribution is -2.45. The Kier molecular flexibility index (Phi) is 6.93. The van der Waals surface area contributed by atoms with Crippen LogP contribution < -0.4 is 5.32 Å². The lowest BCUT2D eigenvalue weighted by molar-refractivity contribution is -0.148. The van der Waals surface area contributed by atoms with Gasteiger partial charge in [0.2, 0.25) is 0 Å². The number of carbonyl (C=O) groups is 2. The van der Waals surface area contributed by atoms with E-state index in [1.807, 2.05) is 0 Å². The molecule has 3 atom stereocenters. The molecule has 1 fully saturated rings.